The highest BCUT2D eigenvalue weighted by molar-refractivity contribution is 9.10. The Labute approximate surface area is 265 Å². The molecule has 1 atom stereocenters. The van der Waals surface area contributed by atoms with Crippen LogP contribution in [0.25, 0.3) is 6.08 Å². The summed E-state index contributed by atoms with van der Waals surface area (Å²) >= 11 is 10.8. The van der Waals surface area contributed by atoms with Crippen LogP contribution >= 0.6 is 38.9 Å². The lowest BCUT2D eigenvalue weighted by Gasteiger charge is -2.26. The Bertz CT molecular complexity index is 1900. The fourth-order valence-electron chi connectivity index (χ4n) is 4.76. The normalized spacial score (nSPS) is 14.7. The van der Waals surface area contributed by atoms with Gasteiger partial charge in [0.1, 0.15) is 12.4 Å². The molecule has 1 aliphatic heterocycles. The molecule has 0 saturated heterocycles. The number of benzene rings is 3. The number of carbonyl (C=O) groups excluding carboxylic acids is 1. The molecule has 0 N–H and O–H groups in total. The van der Waals surface area contributed by atoms with Crippen molar-refractivity contribution in [2.45, 2.75) is 26.5 Å². The molecule has 222 valence electrons. The molecule has 11 heteroatoms. The summed E-state index contributed by atoms with van der Waals surface area (Å²) in [6.45, 7) is 4.03. The zero-order chi connectivity index (χ0) is 30.7. The average molecular weight is 684 g/mol. The molecule has 0 amide bonds. The second-order valence-electron chi connectivity index (χ2n) is 9.52. The molecule has 0 unspecified atom stereocenters. The monoisotopic (exact) mass is 682 g/mol. The van der Waals surface area contributed by atoms with Crippen LogP contribution in [0.4, 0.5) is 0 Å². The van der Waals surface area contributed by atoms with E-state index in [4.69, 9.17) is 30.5 Å². The van der Waals surface area contributed by atoms with E-state index < -0.39 is 12.0 Å². The molecule has 1 aromatic heterocycles. The van der Waals surface area contributed by atoms with Crippen LogP contribution in [0.1, 0.15) is 36.6 Å². The van der Waals surface area contributed by atoms with Crippen LogP contribution in [0.5, 0.6) is 17.2 Å². The van der Waals surface area contributed by atoms with E-state index in [-0.39, 0.29) is 17.7 Å². The zero-order valence-electron chi connectivity index (χ0n) is 23.9. The Hall–Kier alpha value is -3.86. The fourth-order valence-corrected chi connectivity index (χ4v) is 6.47. The van der Waals surface area contributed by atoms with Gasteiger partial charge in [-0.1, -0.05) is 63.1 Å². The van der Waals surface area contributed by atoms with Gasteiger partial charge in [0.2, 0.25) is 0 Å². The molecule has 0 fully saturated rings. The van der Waals surface area contributed by atoms with Gasteiger partial charge in [-0.25, -0.2) is 9.79 Å². The van der Waals surface area contributed by atoms with Crippen LogP contribution in [0, 0.1) is 0 Å². The van der Waals surface area contributed by atoms with E-state index in [1.807, 2.05) is 48.5 Å². The van der Waals surface area contributed by atoms with Crippen LogP contribution in [-0.4, -0.2) is 31.4 Å². The average Bonchev–Trinajstić information content (AvgIpc) is 3.30. The van der Waals surface area contributed by atoms with Crippen molar-refractivity contribution in [1.82, 2.24) is 4.57 Å². The number of hydrogen-bond acceptors (Lipinski definition) is 8. The van der Waals surface area contributed by atoms with Crippen molar-refractivity contribution in [2.24, 2.45) is 4.99 Å². The third-order valence-corrected chi connectivity index (χ3v) is 8.71. The van der Waals surface area contributed by atoms with E-state index >= 15 is 0 Å². The maximum Gasteiger partial charge on any atom is 0.338 e. The number of thiazole rings is 1. The molecule has 4 aromatic rings. The van der Waals surface area contributed by atoms with Crippen molar-refractivity contribution in [2.75, 3.05) is 20.8 Å². The standard InChI is InChI=1S/C32H28BrClN2O6S/c1-5-41-31(38)28-18(2)35-32-36(29(28)23-15-25(39-3)26(40-4)16-24(23)33)30(37)27(43-32)14-20-7-6-8-22(13-20)42-17-19-9-11-21(34)12-10-19/h6-16,29H,5,17H2,1-4H3/b27-14+/t29-/m0/s1. The van der Waals surface area contributed by atoms with Crippen molar-refractivity contribution in [3.05, 3.63) is 118 Å². The highest BCUT2D eigenvalue weighted by atomic mass is 79.9. The number of nitrogens with zero attached hydrogens (tertiary/aromatic N) is 2. The van der Waals surface area contributed by atoms with E-state index in [9.17, 15) is 9.59 Å². The number of esters is 1. The first-order valence-electron chi connectivity index (χ1n) is 13.3. The second kappa shape index (κ2) is 13.2. The van der Waals surface area contributed by atoms with Gasteiger partial charge in [0.15, 0.2) is 16.3 Å². The van der Waals surface area contributed by atoms with E-state index in [0.29, 0.717) is 53.9 Å². The van der Waals surface area contributed by atoms with Crippen molar-refractivity contribution in [1.29, 1.82) is 0 Å². The summed E-state index contributed by atoms with van der Waals surface area (Å²) in [7, 11) is 3.07. The first kappa shape index (κ1) is 30.6. The van der Waals surface area contributed by atoms with Crippen molar-refractivity contribution in [3.63, 3.8) is 0 Å². The molecule has 0 spiro atoms. The molecular formula is C32H28BrClN2O6S. The number of halogens is 2. The van der Waals surface area contributed by atoms with Crippen molar-refractivity contribution >= 4 is 50.9 Å². The number of rotatable bonds is 9. The zero-order valence-corrected chi connectivity index (χ0v) is 27.0. The summed E-state index contributed by atoms with van der Waals surface area (Å²) in [5.74, 6) is 1.07. The van der Waals surface area contributed by atoms with E-state index in [1.165, 1.54) is 23.0 Å². The topological polar surface area (TPSA) is 88.4 Å². The number of hydrogen-bond donors (Lipinski definition) is 0. The lowest BCUT2D eigenvalue weighted by Crippen LogP contribution is -2.40. The molecule has 0 aliphatic carbocycles. The summed E-state index contributed by atoms with van der Waals surface area (Å²) < 4.78 is 25.0. The fraction of sp³-hybridized carbons (Fsp3) is 0.219. The van der Waals surface area contributed by atoms with Gasteiger partial charge in [-0.2, -0.15) is 0 Å². The van der Waals surface area contributed by atoms with Crippen LogP contribution in [0.3, 0.4) is 0 Å². The molecular weight excluding hydrogens is 656 g/mol. The van der Waals surface area contributed by atoms with Gasteiger partial charge in [0.25, 0.3) is 5.56 Å². The Kier molecular flexibility index (Phi) is 9.39. The lowest BCUT2D eigenvalue weighted by molar-refractivity contribution is -0.139. The number of ether oxygens (including phenoxy) is 4. The van der Waals surface area contributed by atoms with Crippen molar-refractivity contribution in [3.8, 4) is 17.2 Å². The first-order chi connectivity index (χ1) is 20.7. The van der Waals surface area contributed by atoms with Gasteiger partial charge in [-0.05, 0) is 73.0 Å². The van der Waals surface area contributed by atoms with Crippen LogP contribution < -0.4 is 29.1 Å². The molecule has 0 bridgehead atoms. The van der Waals surface area contributed by atoms with Crippen LogP contribution in [-0.2, 0) is 16.1 Å². The Balaban J connectivity index is 1.59. The molecule has 43 heavy (non-hydrogen) atoms. The van der Waals surface area contributed by atoms with Gasteiger partial charge in [0.05, 0.1) is 42.7 Å². The molecule has 5 rings (SSSR count). The van der Waals surface area contributed by atoms with Gasteiger partial charge in [-0.3, -0.25) is 9.36 Å². The summed E-state index contributed by atoms with van der Waals surface area (Å²) in [5.41, 5.74) is 2.83. The molecule has 0 radical (unpaired) electrons. The van der Waals surface area contributed by atoms with E-state index in [2.05, 4.69) is 20.9 Å². The lowest BCUT2D eigenvalue weighted by atomic mass is 9.95. The van der Waals surface area contributed by atoms with Gasteiger partial charge < -0.3 is 18.9 Å². The number of methoxy groups -OCH3 is 2. The molecule has 1 aliphatic rings. The Morgan fingerprint density at radius 1 is 1.09 bits per heavy atom. The molecule has 3 aromatic carbocycles. The Morgan fingerprint density at radius 3 is 2.51 bits per heavy atom. The number of fused-ring (bicyclic) bond motifs is 1. The minimum atomic E-state index is -0.819. The summed E-state index contributed by atoms with van der Waals surface area (Å²) in [6.07, 6.45) is 1.79. The highest BCUT2D eigenvalue weighted by Gasteiger charge is 2.35. The largest absolute Gasteiger partial charge is 0.493 e. The third kappa shape index (κ3) is 6.41. The number of aromatic nitrogens is 1. The molecule has 8 nitrogen and oxygen atoms in total. The first-order valence-corrected chi connectivity index (χ1v) is 15.3. The van der Waals surface area contributed by atoms with Gasteiger partial charge in [0, 0.05) is 9.50 Å². The van der Waals surface area contributed by atoms with Crippen LogP contribution in [0.15, 0.2) is 86.2 Å². The third-order valence-electron chi connectivity index (χ3n) is 6.79. The van der Waals surface area contributed by atoms with E-state index in [1.54, 1.807) is 39.2 Å². The van der Waals surface area contributed by atoms with Crippen LogP contribution in [0.2, 0.25) is 5.02 Å². The summed E-state index contributed by atoms with van der Waals surface area (Å²) in [6, 6.07) is 17.6. The van der Waals surface area contributed by atoms with Gasteiger partial charge >= 0.3 is 5.97 Å². The number of carbonyl (C=O) groups is 1. The maximum atomic E-state index is 14.0. The SMILES string of the molecule is CCOC(=O)C1=C(C)N=c2s/c(=C/c3cccc(OCc4ccc(Cl)cc4)c3)c(=O)n2[C@H]1c1cc(OC)c(OC)cc1Br. The van der Waals surface area contributed by atoms with E-state index in [0.717, 1.165) is 11.1 Å². The predicted octanol–water partition coefficient (Wildman–Crippen LogP) is 5.81. The highest BCUT2D eigenvalue weighted by Crippen LogP contribution is 2.40. The minimum absolute atomic E-state index is 0.177. The summed E-state index contributed by atoms with van der Waals surface area (Å²) in [5, 5.41) is 0.664. The minimum Gasteiger partial charge on any atom is -0.493 e. The molecule has 2 heterocycles. The second-order valence-corrected chi connectivity index (χ2v) is 11.8. The number of allylic oxidation sites excluding steroid dienone is 1. The van der Waals surface area contributed by atoms with Crippen molar-refractivity contribution < 1.29 is 23.7 Å². The molecule has 0 saturated carbocycles. The predicted molar refractivity (Wildman–Crippen MR) is 170 cm³/mol. The Morgan fingerprint density at radius 2 is 1.81 bits per heavy atom. The van der Waals surface area contributed by atoms with Gasteiger partial charge in [-0.15, -0.1) is 0 Å². The smallest absolute Gasteiger partial charge is 0.338 e. The quantitative estimate of drug-likeness (QED) is 0.207. The summed E-state index contributed by atoms with van der Waals surface area (Å²) in [4.78, 5) is 32.4. The maximum absolute atomic E-state index is 14.0.